The zero-order valence-electron chi connectivity index (χ0n) is 16.4. The lowest BCUT2D eigenvalue weighted by Crippen LogP contribution is -2.39. The first kappa shape index (κ1) is 18.8. The van der Waals surface area contributed by atoms with Crippen LogP contribution in [0.25, 0.3) is 12.2 Å². The Labute approximate surface area is 167 Å². The predicted octanol–water partition coefficient (Wildman–Crippen LogP) is 5.28. The van der Waals surface area contributed by atoms with Crippen molar-refractivity contribution in [3.63, 3.8) is 0 Å². The molecule has 1 N–H and O–H groups in total. The van der Waals surface area contributed by atoms with Gasteiger partial charge in [-0.1, -0.05) is 61.4 Å². The first-order valence-electron chi connectivity index (χ1n) is 10.5. The lowest BCUT2D eigenvalue weighted by Gasteiger charge is -2.25. The molecule has 4 nitrogen and oxygen atoms in total. The Morgan fingerprint density at radius 1 is 0.821 bits per heavy atom. The van der Waals surface area contributed by atoms with E-state index in [0.29, 0.717) is 6.54 Å². The van der Waals surface area contributed by atoms with Crippen molar-refractivity contribution in [3.8, 4) is 0 Å². The molecule has 0 aliphatic carbocycles. The minimum atomic E-state index is -0.0560. The predicted molar refractivity (Wildman–Crippen MR) is 117 cm³/mol. The second-order valence-corrected chi connectivity index (χ2v) is 7.63. The van der Waals surface area contributed by atoms with Crippen molar-refractivity contribution < 1.29 is 4.79 Å². The van der Waals surface area contributed by atoms with E-state index in [2.05, 4.69) is 34.5 Å². The highest BCUT2D eigenvalue weighted by Gasteiger charge is 2.23. The molecule has 1 saturated heterocycles. The third-order valence-electron chi connectivity index (χ3n) is 5.63. The van der Waals surface area contributed by atoms with Gasteiger partial charge in [-0.25, -0.2) is 4.79 Å². The lowest BCUT2D eigenvalue weighted by molar-refractivity contribution is 0.246. The van der Waals surface area contributed by atoms with Crippen LogP contribution in [0.1, 0.15) is 43.2 Å². The van der Waals surface area contributed by atoms with E-state index in [9.17, 15) is 4.79 Å². The molecule has 2 aromatic rings. The maximum absolute atomic E-state index is 13.2. The number of anilines is 2. The van der Waals surface area contributed by atoms with Crippen molar-refractivity contribution in [2.75, 3.05) is 31.1 Å². The molecule has 146 valence electrons. The van der Waals surface area contributed by atoms with Gasteiger partial charge in [0.25, 0.3) is 0 Å². The van der Waals surface area contributed by atoms with E-state index < -0.39 is 0 Å². The monoisotopic (exact) mass is 375 g/mol. The second-order valence-electron chi connectivity index (χ2n) is 7.63. The van der Waals surface area contributed by atoms with Gasteiger partial charge in [0.2, 0.25) is 0 Å². The van der Waals surface area contributed by atoms with Crippen LogP contribution in [0.4, 0.5) is 16.2 Å². The summed E-state index contributed by atoms with van der Waals surface area (Å²) in [6, 6.07) is 16.1. The number of carbonyl (C=O) groups is 1. The summed E-state index contributed by atoms with van der Waals surface area (Å²) in [5.41, 5.74) is 3.96. The molecule has 2 aliphatic rings. The number of hydrogen-bond donors (Lipinski definition) is 1. The Hall–Kier alpha value is -2.59. The molecule has 2 heterocycles. The van der Waals surface area contributed by atoms with Gasteiger partial charge in [-0.3, -0.25) is 4.90 Å². The fourth-order valence-corrected chi connectivity index (χ4v) is 4.13. The summed E-state index contributed by atoms with van der Waals surface area (Å²) in [6.07, 6.45) is 10.5. The maximum Gasteiger partial charge on any atom is 0.326 e. The van der Waals surface area contributed by atoms with Crippen LogP contribution in [0.2, 0.25) is 0 Å². The molecule has 28 heavy (non-hydrogen) atoms. The smallest absolute Gasteiger partial charge is 0.326 e. The van der Waals surface area contributed by atoms with Crippen molar-refractivity contribution in [2.24, 2.45) is 0 Å². The Kier molecular flexibility index (Phi) is 6.07. The Bertz CT molecular complexity index is 788. The largest absolute Gasteiger partial charge is 0.337 e. The Morgan fingerprint density at radius 2 is 1.39 bits per heavy atom. The van der Waals surface area contributed by atoms with Crippen molar-refractivity contribution >= 4 is 29.6 Å². The van der Waals surface area contributed by atoms with Crippen LogP contribution in [-0.2, 0) is 0 Å². The molecule has 0 radical (unpaired) electrons. The zero-order chi connectivity index (χ0) is 19.2. The second kappa shape index (κ2) is 9.07. The summed E-state index contributed by atoms with van der Waals surface area (Å²) in [5, 5.41) is 3.15. The van der Waals surface area contributed by atoms with Gasteiger partial charge in [-0.15, -0.1) is 0 Å². The highest BCUT2D eigenvalue weighted by atomic mass is 16.2. The summed E-state index contributed by atoms with van der Waals surface area (Å²) >= 11 is 0. The fourth-order valence-electron chi connectivity index (χ4n) is 4.13. The molecule has 0 bridgehead atoms. The summed E-state index contributed by atoms with van der Waals surface area (Å²) in [6.45, 7) is 4.16. The van der Waals surface area contributed by atoms with E-state index in [0.717, 1.165) is 35.5 Å². The zero-order valence-corrected chi connectivity index (χ0v) is 16.4. The van der Waals surface area contributed by atoms with Crippen LogP contribution in [-0.4, -0.2) is 37.1 Å². The van der Waals surface area contributed by atoms with Crippen LogP contribution in [0, 0.1) is 0 Å². The van der Waals surface area contributed by atoms with Gasteiger partial charge in [0.1, 0.15) is 0 Å². The van der Waals surface area contributed by atoms with Crippen molar-refractivity contribution in [1.29, 1.82) is 0 Å². The molecule has 2 aromatic carbocycles. The molecule has 2 amide bonds. The number of urea groups is 1. The van der Waals surface area contributed by atoms with Gasteiger partial charge in [-0.05, 0) is 62.2 Å². The van der Waals surface area contributed by atoms with Crippen LogP contribution in [0.15, 0.2) is 48.5 Å². The van der Waals surface area contributed by atoms with E-state index in [1.807, 2.05) is 41.3 Å². The van der Waals surface area contributed by atoms with Crippen molar-refractivity contribution in [1.82, 2.24) is 10.2 Å². The van der Waals surface area contributed by atoms with Crippen LogP contribution in [0.3, 0.4) is 0 Å². The SMILES string of the molecule is O=C(NCCCN1CCCCCC1)N1c2ccccc2C=Cc2ccccc21. The Morgan fingerprint density at radius 3 is 2.00 bits per heavy atom. The summed E-state index contributed by atoms with van der Waals surface area (Å²) in [7, 11) is 0. The first-order valence-corrected chi connectivity index (χ1v) is 10.5. The van der Waals surface area contributed by atoms with Crippen LogP contribution >= 0.6 is 0 Å². The quantitative estimate of drug-likeness (QED) is 0.738. The normalized spacial score (nSPS) is 16.6. The maximum atomic E-state index is 13.2. The number of nitrogens with zero attached hydrogens (tertiary/aromatic N) is 2. The molecular weight excluding hydrogens is 346 g/mol. The number of benzene rings is 2. The molecule has 2 aliphatic heterocycles. The third-order valence-corrected chi connectivity index (χ3v) is 5.63. The number of para-hydroxylation sites is 2. The standard InChI is InChI=1S/C24H29N3O/c28-24(25-16-9-19-26-17-7-1-2-8-18-26)27-22-12-5-3-10-20(22)14-15-21-11-4-6-13-23(21)27/h3-6,10-15H,1-2,7-9,16-19H2,(H,25,28). The molecule has 0 atom stereocenters. The Balaban J connectivity index is 1.44. The van der Waals surface area contributed by atoms with Crippen molar-refractivity contribution in [2.45, 2.75) is 32.1 Å². The number of fused-ring (bicyclic) bond motifs is 2. The van der Waals surface area contributed by atoms with Crippen molar-refractivity contribution in [3.05, 3.63) is 59.7 Å². The minimum Gasteiger partial charge on any atom is -0.337 e. The molecule has 0 unspecified atom stereocenters. The number of hydrogen-bond acceptors (Lipinski definition) is 2. The molecule has 0 spiro atoms. The molecule has 0 aromatic heterocycles. The molecule has 4 heteroatoms. The minimum absolute atomic E-state index is 0.0560. The van der Waals surface area contributed by atoms with E-state index in [1.54, 1.807) is 0 Å². The van der Waals surface area contributed by atoms with Gasteiger partial charge in [0.05, 0.1) is 11.4 Å². The van der Waals surface area contributed by atoms with Gasteiger partial charge >= 0.3 is 6.03 Å². The average Bonchev–Trinajstić information content (AvgIpc) is 3.08. The highest BCUT2D eigenvalue weighted by Crippen LogP contribution is 2.36. The number of rotatable bonds is 4. The van der Waals surface area contributed by atoms with Crippen LogP contribution < -0.4 is 10.2 Å². The molecular formula is C24H29N3O. The summed E-state index contributed by atoms with van der Waals surface area (Å²) < 4.78 is 0. The average molecular weight is 376 g/mol. The number of carbonyl (C=O) groups excluding carboxylic acids is 1. The fraction of sp³-hybridized carbons (Fsp3) is 0.375. The number of amides is 2. The van der Waals surface area contributed by atoms with E-state index in [-0.39, 0.29) is 6.03 Å². The molecule has 1 fully saturated rings. The van der Waals surface area contributed by atoms with E-state index >= 15 is 0 Å². The molecule has 4 rings (SSSR count). The van der Waals surface area contributed by atoms with E-state index in [1.165, 1.54) is 38.8 Å². The third kappa shape index (κ3) is 4.28. The van der Waals surface area contributed by atoms with E-state index in [4.69, 9.17) is 0 Å². The number of nitrogens with one attached hydrogen (secondary N) is 1. The van der Waals surface area contributed by atoms with Gasteiger partial charge in [0.15, 0.2) is 0 Å². The summed E-state index contributed by atoms with van der Waals surface area (Å²) in [5.74, 6) is 0. The first-order chi connectivity index (χ1) is 13.8. The number of likely N-dealkylation sites (tertiary alicyclic amines) is 1. The molecule has 0 saturated carbocycles. The summed E-state index contributed by atoms with van der Waals surface area (Å²) in [4.78, 5) is 17.5. The lowest BCUT2D eigenvalue weighted by atomic mass is 10.1. The van der Waals surface area contributed by atoms with Gasteiger partial charge in [0, 0.05) is 6.54 Å². The van der Waals surface area contributed by atoms with Gasteiger partial charge in [-0.2, -0.15) is 0 Å². The van der Waals surface area contributed by atoms with Gasteiger partial charge < -0.3 is 10.2 Å². The van der Waals surface area contributed by atoms with Crippen LogP contribution in [0.5, 0.6) is 0 Å². The highest BCUT2D eigenvalue weighted by molar-refractivity contribution is 6.05. The topological polar surface area (TPSA) is 35.6 Å².